The quantitative estimate of drug-likeness (QED) is 0.0196. The van der Waals surface area contributed by atoms with Crippen molar-refractivity contribution < 1.29 is 58.2 Å². The molecule has 2 aromatic rings. The van der Waals surface area contributed by atoms with E-state index in [-0.39, 0.29) is 99.9 Å². The zero-order valence-electron chi connectivity index (χ0n) is 49.2. The summed E-state index contributed by atoms with van der Waals surface area (Å²) in [6.45, 7) is 12.5. The van der Waals surface area contributed by atoms with Crippen LogP contribution in [0.4, 0.5) is 0 Å². The lowest BCUT2D eigenvalue weighted by atomic mass is 9.99. The Labute approximate surface area is 490 Å². The molecule has 0 radical (unpaired) electrons. The second-order valence-corrected chi connectivity index (χ2v) is 22.0. The number of nitrogens with zero attached hydrogens (tertiary/aromatic N) is 2. The van der Waals surface area contributed by atoms with Gasteiger partial charge in [0.25, 0.3) is 0 Å². The van der Waals surface area contributed by atoms with E-state index in [1.807, 2.05) is 27.7 Å². The van der Waals surface area contributed by atoms with E-state index in [9.17, 15) is 58.2 Å². The van der Waals surface area contributed by atoms with Crippen LogP contribution in [0.3, 0.4) is 0 Å². The van der Waals surface area contributed by atoms with Crippen molar-refractivity contribution in [3.8, 4) is 5.75 Å². The number of benzene rings is 2. The normalized spacial score (nSPS) is 14.3. The van der Waals surface area contributed by atoms with Crippen molar-refractivity contribution in [3.05, 3.63) is 65.7 Å². The van der Waals surface area contributed by atoms with Gasteiger partial charge in [0.05, 0.1) is 6.04 Å². The number of nitrogens with one attached hydrogen (secondary N) is 8. The van der Waals surface area contributed by atoms with Gasteiger partial charge < -0.3 is 87.1 Å². The van der Waals surface area contributed by atoms with Gasteiger partial charge in [-0.15, -0.1) is 0 Å². The summed E-state index contributed by atoms with van der Waals surface area (Å²) in [7, 11) is 0. The van der Waals surface area contributed by atoms with Gasteiger partial charge in [-0.3, -0.25) is 53.1 Å². The maximum absolute atomic E-state index is 14.5. The number of primary amides is 1. The number of carboxylic acids is 1. The number of aliphatic carboxylic acids is 1. The van der Waals surface area contributed by atoms with E-state index >= 15 is 0 Å². The van der Waals surface area contributed by atoms with E-state index in [4.69, 9.17) is 34.4 Å². The fourth-order valence-electron chi connectivity index (χ4n) is 8.56. The Morgan fingerprint density at radius 2 is 0.810 bits per heavy atom. The molecule has 2 rings (SSSR count). The zero-order valence-corrected chi connectivity index (χ0v) is 49.2. The van der Waals surface area contributed by atoms with Crippen LogP contribution < -0.4 is 76.9 Å². The van der Waals surface area contributed by atoms with Crippen molar-refractivity contribution in [2.75, 3.05) is 13.1 Å². The molecule has 9 atom stereocenters. The summed E-state index contributed by atoms with van der Waals surface area (Å²) < 4.78 is 0. The molecule has 0 unspecified atom stereocenters. The number of hydrogen-bond acceptors (Lipinski definition) is 14. The largest absolute Gasteiger partial charge is 0.508 e. The van der Waals surface area contributed by atoms with Crippen molar-refractivity contribution in [2.45, 2.75) is 173 Å². The summed E-state index contributed by atoms with van der Waals surface area (Å²) in [5.41, 5.74) is 34.4. The molecule has 0 aromatic heterocycles. The first-order valence-corrected chi connectivity index (χ1v) is 28.1. The highest BCUT2D eigenvalue weighted by molar-refractivity contribution is 5.98. The van der Waals surface area contributed by atoms with Crippen molar-refractivity contribution in [1.82, 2.24) is 42.5 Å². The fourth-order valence-corrected chi connectivity index (χ4v) is 8.56. The van der Waals surface area contributed by atoms with Gasteiger partial charge >= 0.3 is 5.97 Å². The summed E-state index contributed by atoms with van der Waals surface area (Å²) in [5, 5.41) is 40.9. The lowest BCUT2D eigenvalue weighted by Crippen LogP contribution is -2.60. The van der Waals surface area contributed by atoms with Crippen LogP contribution in [0, 0.1) is 17.8 Å². The minimum absolute atomic E-state index is 0.00857. The van der Waals surface area contributed by atoms with Gasteiger partial charge in [0, 0.05) is 32.4 Å². The maximum atomic E-state index is 14.5. The maximum Gasteiger partial charge on any atom is 0.326 e. The van der Waals surface area contributed by atoms with Gasteiger partial charge in [0.1, 0.15) is 54.1 Å². The van der Waals surface area contributed by atoms with Gasteiger partial charge in [-0.2, -0.15) is 0 Å². The first-order chi connectivity index (χ1) is 39.4. The number of rotatable bonds is 38. The number of aliphatic imine (C=N–C) groups is 2. The molecule has 2 aromatic carbocycles. The first-order valence-electron chi connectivity index (χ1n) is 28.1. The van der Waals surface area contributed by atoms with Crippen LogP contribution in [-0.2, 0) is 60.8 Å². The number of phenols is 1. The predicted molar refractivity (Wildman–Crippen MR) is 315 cm³/mol. The van der Waals surface area contributed by atoms with Crippen LogP contribution in [-0.4, -0.2) is 149 Å². The van der Waals surface area contributed by atoms with Crippen LogP contribution in [0.1, 0.15) is 117 Å². The summed E-state index contributed by atoms with van der Waals surface area (Å²) in [4.78, 5) is 144. The monoisotopic (exact) mass is 1180 g/mol. The Kier molecular flexibility index (Phi) is 31.3. The predicted octanol–water partition coefficient (Wildman–Crippen LogP) is -2.00. The second-order valence-electron chi connectivity index (χ2n) is 22.0. The molecule has 22 N–H and O–H groups in total. The zero-order chi connectivity index (χ0) is 63.2. The second kappa shape index (κ2) is 36.8. The minimum atomic E-state index is -1.60. The number of amides is 9. The highest BCUT2D eigenvalue weighted by Crippen LogP contribution is 2.15. The number of aromatic hydroxyl groups is 1. The van der Waals surface area contributed by atoms with Gasteiger partial charge in [-0.25, -0.2) is 4.79 Å². The lowest BCUT2D eigenvalue weighted by Gasteiger charge is -2.28. The molecule has 9 amide bonds. The highest BCUT2D eigenvalue weighted by Gasteiger charge is 2.35. The SMILES string of the molecule is CC(C)C[C@H](NC(=O)[C@H](Cc1ccccc1)NC(=O)[C@H](C)NC(=O)[C@H](CC(C)C)NC(=O)[C@@H](N)CC(C)C)C(=O)N[C@@H](CCC(N)=O)C(=O)N[C@@H](Cc1ccc(O)cc1)C(=O)N[C@@H](CCCN=C(N)N)C(=O)N[C@@H](CCCN=C(N)N)C(=O)O. The summed E-state index contributed by atoms with van der Waals surface area (Å²) in [6, 6.07) is 2.33. The van der Waals surface area contributed by atoms with E-state index in [2.05, 4.69) is 52.5 Å². The van der Waals surface area contributed by atoms with Gasteiger partial charge in [0.15, 0.2) is 11.9 Å². The van der Waals surface area contributed by atoms with Crippen LogP contribution in [0.15, 0.2) is 64.6 Å². The Morgan fingerprint density at radius 1 is 0.440 bits per heavy atom. The van der Waals surface area contributed by atoms with Gasteiger partial charge in [-0.05, 0) is 99.3 Å². The number of carboxylic acid groups (broad SMARTS) is 1. The van der Waals surface area contributed by atoms with Crippen LogP contribution in [0.25, 0.3) is 0 Å². The van der Waals surface area contributed by atoms with E-state index in [0.717, 1.165) is 0 Å². The number of phenolic OH excluding ortho intramolecular Hbond substituents is 1. The molecular weight excluding hydrogens is 1090 g/mol. The molecule has 28 nitrogen and oxygen atoms in total. The molecule has 28 heteroatoms. The molecule has 0 heterocycles. The number of carbonyl (C=O) groups is 10. The summed E-state index contributed by atoms with van der Waals surface area (Å²) in [6.07, 6.45) is -0.574. The van der Waals surface area contributed by atoms with Crippen LogP contribution in [0.5, 0.6) is 5.75 Å². The molecule has 0 bridgehead atoms. The fraction of sp³-hybridized carbons (Fsp3) is 0.571. The van der Waals surface area contributed by atoms with Crippen molar-refractivity contribution in [1.29, 1.82) is 0 Å². The number of hydrogen-bond donors (Lipinski definition) is 16. The molecule has 0 aliphatic heterocycles. The average Bonchev–Trinajstić information content (AvgIpc) is 3.58. The smallest absolute Gasteiger partial charge is 0.326 e. The van der Waals surface area contributed by atoms with Gasteiger partial charge in [0.2, 0.25) is 53.2 Å². The Morgan fingerprint density at radius 3 is 1.26 bits per heavy atom. The van der Waals surface area contributed by atoms with Crippen LogP contribution in [0.2, 0.25) is 0 Å². The van der Waals surface area contributed by atoms with E-state index in [0.29, 0.717) is 17.5 Å². The molecule has 466 valence electrons. The topological polar surface area (TPSA) is 488 Å². The van der Waals surface area contributed by atoms with E-state index in [1.165, 1.54) is 31.2 Å². The molecule has 0 fully saturated rings. The Hall–Kier alpha value is -8.56. The Bertz CT molecular complexity index is 2560. The summed E-state index contributed by atoms with van der Waals surface area (Å²) >= 11 is 0. The minimum Gasteiger partial charge on any atom is -0.508 e. The number of guanidine groups is 2. The molecule has 0 saturated carbocycles. The molecule has 84 heavy (non-hydrogen) atoms. The average molecular weight is 1180 g/mol. The molecule has 0 saturated heterocycles. The summed E-state index contributed by atoms with van der Waals surface area (Å²) in [5.74, 6) is -9.56. The van der Waals surface area contributed by atoms with Crippen molar-refractivity contribution in [2.24, 2.45) is 62.1 Å². The lowest BCUT2D eigenvalue weighted by molar-refractivity contribution is -0.142. The third kappa shape index (κ3) is 28.4. The van der Waals surface area contributed by atoms with Gasteiger partial charge in [-0.1, -0.05) is 84.0 Å². The first kappa shape index (κ1) is 71.5. The van der Waals surface area contributed by atoms with Crippen molar-refractivity contribution in [3.63, 3.8) is 0 Å². The number of nitrogens with two attached hydrogens (primary N) is 6. The third-order valence-corrected chi connectivity index (χ3v) is 12.9. The van der Waals surface area contributed by atoms with Crippen LogP contribution >= 0.6 is 0 Å². The standard InChI is InChI=1S/C56H90N16O12/c1-30(2)25-37(57)47(76)70-41(26-31(3)4)50(79)65-33(7)46(75)69-43(28-34-13-9-8-10-14-34)53(82)71-42(27-32(5)6)51(80)67-39(21-22-45(58)74)49(78)72-44(29-35-17-19-36(73)20-18-35)52(81)66-38(15-11-23-63-55(59)60)48(77)68-40(54(83)84)16-12-24-64-56(61)62/h8-10,13-14,17-20,30-33,37-44,73H,11-12,15-16,21-29,57H2,1-7H3,(H2,58,74)(H,65,79)(H,66,81)(H,67,80)(H,68,77)(H,69,75)(H,70,76)(H,71,82)(H,72,78)(H,83,84)(H4,59,60,63)(H4,61,62,64)/t33-,37-,38-,39-,40-,41-,42-,43-,44-/m0/s1. The van der Waals surface area contributed by atoms with E-state index < -0.39 is 126 Å². The molecular formula is C56H90N16O12. The van der Waals surface area contributed by atoms with Crippen molar-refractivity contribution >= 4 is 71.1 Å². The van der Waals surface area contributed by atoms with E-state index in [1.54, 1.807) is 44.2 Å². The molecule has 0 aliphatic rings. The molecule has 0 aliphatic carbocycles. The highest BCUT2D eigenvalue weighted by atomic mass is 16.4. The number of carbonyl (C=O) groups excluding carboxylic acids is 9. The molecule has 0 spiro atoms. The Balaban J connectivity index is 2.53. The third-order valence-electron chi connectivity index (χ3n) is 12.9.